The number of hydrogen-bond donors (Lipinski definition) is 1. The molecule has 0 fully saturated rings. The normalized spacial score (nSPS) is 10.5. The van der Waals surface area contributed by atoms with E-state index in [1.165, 1.54) is 5.56 Å². The van der Waals surface area contributed by atoms with Crippen LogP contribution < -0.4 is 5.32 Å². The molecule has 0 spiro atoms. The molecule has 122 valence electrons. The van der Waals surface area contributed by atoms with E-state index >= 15 is 0 Å². The molecule has 0 aliphatic rings. The van der Waals surface area contributed by atoms with Crippen LogP contribution in [0.3, 0.4) is 0 Å². The average molecular weight is 337 g/mol. The summed E-state index contributed by atoms with van der Waals surface area (Å²) in [5.41, 5.74) is 3.19. The van der Waals surface area contributed by atoms with E-state index in [1.54, 1.807) is 23.7 Å². The van der Waals surface area contributed by atoms with Gasteiger partial charge in [0.25, 0.3) is 0 Å². The van der Waals surface area contributed by atoms with E-state index in [1.807, 2.05) is 37.3 Å². The lowest BCUT2D eigenvalue weighted by Crippen LogP contribution is -2.27. The van der Waals surface area contributed by atoms with Crippen LogP contribution in [0.15, 0.2) is 54.9 Å². The lowest BCUT2D eigenvalue weighted by atomic mass is 10.1. The highest BCUT2D eigenvalue weighted by Gasteiger charge is 2.12. The van der Waals surface area contributed by atoms with Crippen molar-refractivity contribution in [1.82, 2.24) is 15.3 Å². The first kappa shape index (κ1) is 16.3. The predicted octanol–water partition coefficient (Wildman–Crippen LogP) is 3.41. The Morgan fingerprint density at radius 3 is 2.62 bits per heavy atom. The van der Waals surface area contributed by atoms with Crippen LogP contribution in [0.5, 0.6) is 0 Å². The van der Waals surface area contributed by atoms with Crippen molar-refractivity contribution in [2.75, 3.05) is 6.54 Å². The molecule has 2 aromatic heterocycles. The zero-order valence-electron chi connectivity index (χ0n) is 13.5. The molecule has 0 aliphatic carbocycles. The summed E-state index contributed by atoms with van der Waals surface area (Å²) in [5.74, 6) is 0.0407. The smallest absolute Gasteiger partial charge is 0.225 e. The van der Waals surface area contributed by atoms with Crippen molar-refractivity contribution >= 4 is 17.2 Å². The molecule has 1 N–H and O–H groups in total. The Morgan fingerprint density at radius 1 is 1.12 bits per heavy atom. The highest BCUT2D eigenvalue weighted by Crippen LogP contribution is 2.27. The van der Waals surface area contributed by atoms with Gasteiger partial charge in [-0.05, 0) is 31.0 Å². The highest BCUT2D eigenvalue weighted by molar-refractivity contribution is 7.15. The summed E-state index contributed by atoms with van der Waals surface area (Å²) in [7, 11) is 0. The molecule has 2 heterocycles. The fourth-order valence-corrected chi connectivity index (χ4v) is 3.48. The second-order valence-electron chi connectivity index (χ2n) is 5.53. The molecule has 4 nitrogen and oxygen atoms in total. The molecule has 1 aromatic carbocycles. The molecular formula is C19H19N3OS. The van der Waals surface area contributed by atoms with Gasteiger partial charge in [0.05, 0.1) is 12.1 Å². The number of rotatable bonds is 6. The molecular weight excluding hydrogens is 318 g/mol. The zero-order valence-corrected chi connectivity index (χ0v) is 14.3. The maximum atomic E-state index is 12.2. The lowest BCUT2D eigenvalue weighted by molar-refractivity contribution is -0.120. The number of carbonyl (C=O) groups excluding carboxylic acids is 1. The van der Waals surface area contributed by atoms with Crippen LogP contribution in [0, 0.1) is 6.92 Å². The summed E-state index contributed by atoms with van der Waals surface area (Å²) in [4.78, 5) is 21.8. The summed E-state index contributed by atoms with van der Waals surface area (Å²) in [6.45, 7) is 2.60. The van der Waals surface area contributed by atoms with Gasteiger partial charge in [-0.3, -0.25) is 9.78 Å². The Hall–Kier alpha value is -2.53. The van der Waals surface area contributed by atoms with Crippen LogP contribution >= 0.6 is 11.3 Å². The van der Waals surface area contributed by atoms with Crippen molar-refractivity contribution in [2.45, 2.75) is 19.8 Å². The third-order valence-corrected chi connectivity index (χ3v) is 4.93. The van der Waals surface area contributed by atoms with Crippen LogP contribution in [-0.2, 0) is 17.6 Å². The largest absolute Gasteiger partial charge is 0.355 e. The van der Waals surface area contributed by atoms with Gasteiger partial charge in [0.1, 0.15) is 5.01 Å². The number of nitrogens with zero attached hydrogens (tertiary/aromatic N) is 2. The quantitative estimate of drug-likeness (QED) is 0.750. The van der Waals surface area contributed by atoms with E-state index in [0.29, 0.717) is 13.0 Å². The minimum atomic E-state index is 0.0407. The molecule has 0 saturated carbocycles. The molecule has 0 radical (unpaired) electrons. The molecule has 0 bridgehead atoms. The van der Waals surface area contributed by atoms with Crippen molar-refractivity contribution in [2.24, 2.45) is 0 Å². The van der Waals surface area contributed by atoms with Crippen molar-refractivity contribution in [1.29, 1.82) is 0 Å². The third-order valence-electron chi connectivity index (χ3n) is 3.72. The van der Waals surface area contributed by atoms with Gasteiger partial charge in [0, 0.05) is 29.4 Å². The summed E-state index contributed by atoms with van der Waals surface area (Å²) in [5, 5.41) is 3.92. The minimum Gasteiger partial charge on any atom is -0.355 e. The van der Waals surface area contributed by atoms with E-state index in [2.05, 4.69) is 27.4 Å². The second-order valence-corrected chi connectivity index (χ2v) is 6.61. The Labute approximate surface area is 145 Å². The van der Waals surface area contributed by atoms with Gasteiger partial charge in [0.2, 0.25) is 5.91 Å². The zero-order chi connectivity index (χ0) is 16.8. The number of aryl methyl sites for hydroxylation is 1. The van der Waals surface area contributed by atoms with Gasteiger partial charge in [0.15, 0.2) is 0 Å². The molecule has 5 heteroatoms. The Kier molecular flexibility index (Phi) is 5.33. The van der Waals surface area contributed by atoms with Gasteiger partial charge >= 0.3 is 0 Å². The van der Waals surface area contributed by atoms with Gasteiger partial charge in [-0.2, -0.15) is 0 Å². The Balaban J connectivity index is 1.56. The number of pyridine rings is 1. The predicted molar refractivity (Wildman–Crippen MR) is 96.9 cm³/mol. The fraction of sp³-hybridized carbons (Fsp3) is 0.211. The van der Waals surface area contributed by atoms with Crippen molar-refractivity contribution < 1.29 is 4.79 Å². The second kappa shape index (κ2) is 7.84. The number of hydrogen-bond acceptors (Lipinski definition) is 4. The minimum absolute atomic E-state index is 0.0407. The number of amides is 1. The first-order chi connectivity index (χ1) is 11.7. The van der Waals surface area contributed by atoms with E-state index < -0.39 is 0 Å². The van der Waals surface area contributed by atoms with Gasteiger partial charge in [-0.1, -0.05) is 30.3 Å². The van der Waals surface area contributed by atoms with Crippen molar-refractivity contribution in [3.63, 3.8) is 0 Å². The number of benzene rings is 1. The maximum Gasteiger partial charge on any atom is 0.225 e. The van der Waals surface area contributed by atoms with Crippen LogP contribution in [0.4, 0.5) is 0 Å². The van der Waals surface area contributed by atoms with Crippen LogP contribution in [0.25, 0.3) is 10.6 Å². The Morgan fingerprint density at radius 2 is 1.88 bits per heavy atom. The highest BCUT2D eigenvalue weighted by atomic mass is 32.1. The molecule has 3 aromatic rings. The summed E-state index contributed by atoms with van der Waals surface area (Å²) in [6, 6.07) is 14.0. The maximum absolute atomic E-state index is 12.2. The molecule has 24 heavy (non-hydrogen) atoms. The topological polar surface area (TPSA) is 54.9 Å². The van der Waals surface area contributed by atoms with Gasteiger partial charge in [-0.15, -0.1) is 11.3 Å². The van der Waals surface area contributed by atoms with E-state index in [0.717, 1.165) is 27.6 Å². The number of nitrogens with one attached hydrogen (secondary N) is 1. The van der Waals surface area contributed by atoms with Crippen LogP contribution in [0.2, 0.25) is 0 Å². The first-order valence-electron chi connectivity index (χ1n) is 7.89. The number of carbonyl (C=O) groups is 1. The summed E-state index contributed by atoms with van der Waals surface area (Å²) < 4.78 is 0. The standard InChI is InChI=1S/C19H19N3OS/c1-14-17(24-19(22-14)16-8-10-20-11-9-16)13-18(23)21-12-7-15-5-3-2-4-6-15/h2-6,8-11H,7,12-13H2,1H3,(H,21,23). The number of thiazole rings is 1. The van der Waals surface area contributed by atoms with Crippen LogP contribution in [-0.4, -0.2) is 22.4 Å². The van der Waals surface area contributed by atoms with Crippen molar-refractivity contribution in [3.05, 3.63) is 71.0 Å². The summed E-state index contributed by atoms with van der Waals surface area (Å²) in [6.07, 6.45) is 4.73. The SMILES string of the molecule is Cc1nc(-c2ccncc2)sc1CC(=O)NCCc1ccccc1. The van der Waals surface area contributed by atoms with Gasteiger partial charge in [-0.25, -0.2) is 4.98 Å². The molecule has 0 atom stereocenters. The van der Waals surface area contributed by atoms with E-state index in [-0.39, 0.29) is 5.91 Å². The molecule has 0 unspecified atom stereocenters. The fourth-order valence-electron chi connectivity index (χ4n) is 2.41. The molecule has 3 rings (SSSR count). The van der Waals surface area contributed by atoms with Gasteiger partial charge < -0.3 is 5.32 Å². The lowest BCUT2D eigenvalue weighted by Gasteiger charge is -2.04. The Bertz CT molecular complexity index is 800. The summed E-state index contributed by atoms with van der Waals surface area (Å²) >= 11 is 1.57. The van der Waals surface area contributed by atoms with Crippen LogP contribution in [0.1, 0.15) is 16.1 Å². The monoisotopic (exact) mass is 337 g/mol. The number of aromatic nitrogens is 2. The molecule has 0 aliphatic heterocycles. The third kappa shape index (κ3) is 4.26. The van der Waals surface area contributed by atoms with E-state index in [9.17, 15) is 4.79 Å². The molecule has 0 saturated heterocycles. The first-order valence-corrected chi connectivity index (χ1v) is 8.71. The molecule has 1 amide bonds. The van der Waals surface area contributed by atoms with E-state index in [4.69, 9.17) is 0 Å². The van der Waals surface area contributed by atoms with Crippen molar-refractivity contribution in [3.8, 4) is 10.6 Å². The average Bonchev–Trinajstić information content (AvgIpc) is 2.97.